The second-order valence-corrected chi connectivity index (χ2v) is 4.83. The first-order valence-corrected chi connectivity index (χ1v) is 6.44. The number of carbonyl (C=O) groups excluding carboxylic acids is 1. The Balaban J connectivity index is 2.17. The predicted octanol–water partition coefficient (Wildman–Crippen LogP) is 3.24. The van der Waals surface area contributed by atoms with Gasteiger partial charge in [0.1, 0.15) is 11.5 Å². The lowest BCUT2D eigenvalue weighted by Gasteiger charge is -2.16. The number of rotatable bonds is 3. The number of benzene rings is 2. The van der Waals surface area contributed by atoms with Gasteiger partial charge in [0.15, 0.2) is 0 Å². The summed E-state index contributed by atoms with van der Waals surface area (Å²) in [6.45, 7) is 1.80. The summed E-state index contributed by atoms with van der Waals surface area (Å²) in [4.78, 5) is 12.1. The highest BCUT2D eigenvalue weighted by Crippen LogP contribution is 2.25. The fourth-order valence-electron chi connectivity index (χ4n) is 1.89. The average molecular weight is 292 g/mol. The number of aromatic hydroxyl groups is 2. The van der Waals surface area contributed by atoms with E-state index in [4.69, 9.17) is 11.6 Å². The van der Waals surface area contributed by atoms with Crippen LogP contribution >= 0.6 is 11.6 Å². The third kappa shape index (κ3) is 3.03. The van der Waals surface area contributed by atoms with Crippen molar-refractivity contribution in [3.63, 3.8) is 0 Å². The molecule has 0 bridgehead atoms. The summed E-state index contributed by atoms with van der Waals surface area (Å²) in [6.07, 6.45) is 0. The first-order chi connectivity index (χ1) is 9.49. The van der Waals surface area contributed by atoms with Gasteiger partial charge in [0.2, 0.25) is 0 Å². The molecular weight excluding hydrogens is 278 g/mol. The van der Waals surface area contributed by atoms with E-state index in [1.165, 1.54) is 12.1 Å². The summed E-state index contributed by atoms with van der Waals surface area (Å²) in [5.74, 6) is -0.804. The van der Waals surface area contributed by atoms with E-state index in [1.807, 2.05) is 18.2 Å². The van der Waals surface area contributed by atoms with Crippen LogP contribution in [0.15, 0.2) is 42.5 Å². The van der Waals surface area contributed by atoms with Crippen molar-refractivity contribution in [2.45, 2.75) is 13.0 Å². The molecule has 1 unspecified atom stereocenters. The number of carbonyl (C=O) groups is 1. The molecule has 0 fully saturated rings. The van der Waals surface area contributed by atoms with E-state index in [0.29, 0.717) is 5.02 Å². The minimum atomic E-state index is -0.435. The van der Waals surface area contributed by atoms with Gasteiger partial charge in [0.25, 0.3) is 5.91 Å². The fraction of sp³-hybridized carbons (Fsp3) is 0.133. The van der Waals surface area contributed by atoms with Crippen molar-refractivity contribution in [2.24, 2.45) is 0 Å². The van der Waals surface area contributed by atoms with Crippen LogP contribution in [0.25, 0.3) is 0 Å². The van der Waals surface area contributed by atoms with E-state index < -0.39 is 5.91 Å². The highest BCUT2D eigenvalue weighted by molar-refractivity contribution is 6.31. The van der Waals surface area contributed by atoms with Crippen LogP contribution in [0, 0.1) is 0 Å². The lowest BCUT2D eigenvalue weighted by molar-refractivity contribution is 0.0937. The van der Waals surface area contributed by atoms with Gasteiger partial charge in [0.05, 0.1) is 11.6 Å². The molecule has 1 amide bonds. The molecule has 2 aromatic rings. The smallest absolute Gasteiger partial charge is 0.255 e. The molecule has 0 aliphatic heterocycles. The normalized spacial score (nSPS) is 11.9. The van der Waals surface area contributed by atoms with Gasteiger partial charge in [-0.25, -0.2) is 0 Å². The van der Waals surface area contributed by atoms with E-state index in [2.05, 4.69) is 5.32 Å². The first-order valence-electron chi connectivity index (χ1n) is 6.06. The number of phenols is 2. The lowest BCUT2D eigenvalue weighted by atomic mass is 10.1. The number of phenolic OH excluding ortho intramolecular Hbond substituents is 2. The molecule has 3 N–H and O–H groups in total. The van der Waals surface area contributed by atoms with Crippen LogP contribution in [0.1, 0.15) is 28.9 Å². The number of nitrogens with one attached hydrogen (secondary N) is 1. The minimum absolute atomic E-state index is 0.0988. The zero-order valence-electron chi connectivity index (χ0n) is 10.8. The minimum Gasteiger partial charge on any atom is -0.508 e. The molecule has 104 valence electrons. The van der Waals surface area contributed by atoms with Crippen molar-refractivity contribution in [3.05, 3.63) is 58.6 Å². The van der Waals surface area contributed by atoms with E-state index >= 15 is 0 Å². The van der Waals surface area contributed by atoms with E-state index in [1.54, 1.807) is 13.0 Å². The van der Waals surface area contributed by atoms with Crippen molar-refractivity contribution in [3.8, 4) is 11.5 Å². The van der Waals surface area contributed by atoms with Gasteiger partial charge in [0, 0.05) is 11.1 Å². The highest BCUT2D eigenvalue weighted by atomic mass is 35.5. The Labute approximate surface area is 121 Å². The quantitative estimate of drug-likeness (QED) is 0.813. The van der Waals surface area contributed by atoms with Crippen LogP contribution in [0.2, 0.25) is 5.02 Å². The van der Waals surface area contributed by atoms with Crippen LogP contribution in [-0.4, -0.2) is 16.1 Å². The maximum atomic E-state index is 12.1. The number of hydrogen-bond acceptors (Lipinski definition) is 3. The molecule has 1 atom stereocenters. The molecule has 0 aliphatic carbocycles. The molecule has 0 saturated carbocycles. The number of hydrogen-bond donors (Lipinski definition) is 3. The molecule has 0 heterocycles. The molecule has 0 saturated heterocycles. The summed E-state index contributed by atoms with van der Waals surface area (Å²) < 4.78 is 0. The fourth-order valence-corrected chi connectivity index (χ4v) is 2.19. The molecule has 0 aromatic heterocycles. The molecule has 0 spiro atoms. The van der Waals surface area contributed by atoms with Crippen molar-refractivity contribution < 1.29 is 15.0 Å². The Hall–Kier alpha value is -2.20. The van der Waals surface area contributed by atoms with Crippen LogP contribution in [0.4, 0.5) is 0 Å². The summed E-state index contributed by atoms with van der Waals surface area (Å²) >= 11 is 6.07. The zero-order chi connectivity index (χ0) is 14.7. The molecule has 0 aliphatic rings. The van der Waals surface area contributed by atoms with Crippen LogP contribution in [0.3, 0.4) is 0 Å². The maximum Gasteiger partial charge on any atom is 0.255 e. The second-order valence-electron chi connectivity index (χ2n) is 4.42. The molecule has 0 radical (unpaired) electrons. The maximum absolute atomic E-state index is 12.1. The van der Waals surface area contributed by atoms with E-state index in [0.717, 1.165) is 11.6 Å². The van der Waals surface area contributed by atoms with Crippen LogP contribution < -0.4 is 5.32 Å². The zero-order valence-corrected chi connectivity index (χ0v) is 11.6. The SMILES string of the molecule is CC(NC(=O)c1ccc(O)cc1O)c1ccccc1Cl. The van der Waals surface area contributed by atoms with Crippen molar-refractivity contribution >= 4 is 17.5 Å². The Morgan fingerprint density at radius 2 is 1.90 bits per heavy atom. The Morgan fingerprint density at radius 1 is 1.20 bits per heavy atom. The van der Waals surface area contributed by atoms with Gasteiger partial charge in [-0.1, -0.05) is 29.8 Å². The van der Waals surface area contributed by atoms with E-state index in [9.17, 15) is 15.0 Å². The Morgan fingerprint density at radius 3 is 2.55 bits per heavy atom. The molecule has 2 rings (SSSR count). The van der Waals surface area contributed by atoms with Crippen LogP contribution in [-0.2, 0) is 0 Å². The third-order valence-electron chi connectivity index (χ3n) is 2.95. The van der Waals surface area contributed by atoms with Crippen molar-refractivity contribution in [2.75, 3.05) is 0 Å². The second kappa shape index (κ2) is 5.84. The Kier molecular flexibility index (Phi) is 4.15. The lowest BCUT2D eigenvalue weighted by Crippen LogP contribution is -2.26. The third-order valence-corrected chi connectivity index (χ3v) is 3.29. The highest BCUT2D eigenvalue weighted by Gasteiger charge is 2.16. The van der Waals surface area contributed by atoms with Gasteiger partial charge in [-0.3, -0.25) is 4.79 Å². The predicted molar refractivity (Wildman–Crippen MR) is 77.1 cm³/mol. The van der Waals surface area contributed by atoms with Crippen LogP contribution in [0.5, 0.6) is 11.5 Å². The van der Waals surface area contributed by atoms with Gasteiger partial charge in [-0.05, 0) is 30.7 Å². The summed E-state index contributed by atoms with van der Waals surface area (Å²) in [6, 6.07) is 10.7. The van der Waals surface area contributed by atoms with Gasteiger partial charge < -0.3 is 15.5 Å². The number of halogens is 1. The van der Waals surface area contributed by atoms with Gasteiger partial charge >= 0.3 is 0 Å². The largest absolute Gasteiger partial charge is 0.508 e. The monoisotopic (exact) mass is 291 g/mol. The first kappa shape index (κ1) is 14.2. The van der Waals surface area contributed by atoms with Gasteiger partial charge in [-0.15, -0.1) is 0 Å². The average Bonchev–Trinajstić information content (AvgIpc) is 2.38. The van der Waals surface area contributed by atoms with Crippen molar-refractivity contribution in [1.29, 1.82) is 0 Å². The molecule has 5 heteroatoms. The molecule has 2 aromatic carbocycles. The Bertz CT molecular complexity index is 643. The summed E-state index contributed by atoms with van der Waals surface area (Å²) in [7, 11) is 0. The molecule has 4 nitrogen and oxygen atoms in total. The standard InChI is InChI=1S/C15H14ClNO3/c1-9(11-4-2-3-5-13(11)16)17-15(20)12-7-6-10(18)8-14(12)19/h2-9,18-19H,1H3,(H,17,20). The topological polar surface area (TPSA) is 69.6 Å². The molecular formula is C15H14ClNO3. The summed E-state index contributed by atoms with van der Waals surface area (Å²) in [5.41, 5.74) is 0.891. The molecule has 20 heavy (non-hydrogen) atoms. The van der Waals surface area contributed by atoms with E-state index in [-0.39, 0.29) is 23.1 Å². The summed E-state index contributed by atoms with van der Waals surface area (Å²) in [5, 5.41) is 22.2. The van der Waals surface area contributed by atoms with Crippen molar-refractivity contribution in [1.82, 2.24) is 5.32 Å². The van der Waals surface area contributed by atoms with Gasteiger partial charge in [-0.2, -0.15) is 0 Å². The number of amides is 1.